The molecule has 2 aromatic heterocycles. The Morgan fingerprint density at radius 2 is 1.09 bits per heavy atom. The molecular formula is C26H24N2O4. The van der Waals surface area contributed by atoms with Crippen LogP contribution in [-0.2, 0) is 23.6 Å². The topological polar surface area (TPSA) is 62.5 Å². The van der Waals surface area contributed by atoms with Gasteiger partial charge in [-0.1, -0.05) is 36.4 Å². The lowest BCUT2D eigenvalue weighted by molar-refractivity contribution is 0.0518. The summed E-state index contributed by atoms with van der Waals surface area (Å²) in [6.07, 6.45) is 0. The first-order valence-electron chi connectivity index (χ1n) is 10.5. The van der Waals surface area contributed by atoms with Crippen molar-refractivity contribution in [3.05, 3.63) is 71.0 Å². The minimum absolute atomic E-state index is 0.269. The Hall–Kier alpha value is -3.98. The van der Waals surface area contributed by atoms with E-state index < -0.39 is 11.9 Å². The van der Waals surface area contributed by atoms with Gasteiger partial charge in [-0.25, -0.2) is 9.59 Å². The van der Waals surface area contributed by atoms with Crippen LogP contribution in [0.15, 0.2) is 48.5 Å². The van der Waals surface area contributed by atoms with Gasteiger partial charge < -0.3 is 18.6 Å². The molecule has 4 aromatic rings. The first-order valence-corrected chi connectivity index (χ1v) is 10.5. The molecule has 0 saturated heterocycles. The number of hydrogen-bond donors (Lipinski definition) is 0. The molecule has 0 bridgehead atoms. The predicted molar refractivity (Wildman–Crippen MR) is 124 cm³/mol. The number of benzene rings is 2. The first kappa shape index (κ1) is 21.3. The third kappa shape index (κ3) is 3.42. The van der Waals surface area contributed by atoms with Crippen LogP contribution in [0.3, 0.4) is 0 Å². The highest BCUT2D eigenvalue weighted by atomic mass is 16.5. The third-order valence-corrected chi connectivity index (χ3v) is 5.47. The average Bonchev–Trinajstić information content (AvgIpc) is 3.24. The van der Waals surface area contributed by atoms with Crippen LogP contribution >= 0.6 is 0 Å². The SMILES string of the molecule is CCOC(=O)c1c(C#Cc2c(C(=O)OCC)c3ccccc3n2C)n(C)c2ccccc12. The van der Waals surface area contributed by atoms with E-state index in [1.165, 1.54) is 0 Å². The second-order valence-electron chi connectivity index (χ2n) is 7.29. The molecule has 0 fully saturated rings. The van der Waals surface area contributed by atoms with E-state index in [9.17, 15) is 9.59 Å². The summed E-state index contributed by atoms with van der Waals surface area (Å²) < 4.78 is 14.4. The van der Waals surface area contributed by atoms with Crippen molar-refractivity contribution in [2.75, 3.05) is 13.2 Å². The van der Waals surface area contributed by atoms with Gasteiger partial charge in [-0.3, -0.25) is 0 Å². The third-order valence-electron chi connectivity index (χ3n) is 5.47. The van der Waals surface area contributed by atoms with Crippen molar-refractivity contribution in [2.45, 2.75) is 13.8 Å². The van der Waals surface area contributed by atoms with Gasteiger partial charge in [0.25, 0.3) is 0 Å². The number of aryl methyl sites for hydroxylation is 2. The summed E-state index contributed by atoms with van der Waals surface area (Å²) in [5.74, 6) is 5.46. The molecule has 0 radical (unpaired) electrons. The van der Waals surface area contributed by atoms with Crippen molar-refractivity contribution >= 4 is 33.7 Å². The highest BCUT2D eigenvalue weighted by Crippen LogP contribution is 2.28. The standard InChI is InChI=1S/C26H24N2O4/c1-5-31-25(29)23-17-11-7-9-13-19(17)27(3)21(23)15-16-22-24(26(30)32-6-2)18-12-8-10-14-20(18)28(22)4/h7-14H,5-6H2,1-4H3. The monoisotopic (exact) mass is 428 g/mol. The Bertz CT molecular complexity index is 1310. The maximum absolute atomic E-state index is 12.8. The molecule has 0 atom stereocenters. The minimum atomic E-state index is -0.420. The van der Waals surface area contributed by atoms with Crippen LogP contribution in [0.25, 0.3) is 21.8 Å². The normalized spacial score (nSPS) is 10.8. The van der Waals surface area contributed by atoms with Crippen molar-refractivity contribution in [3.63, 3.8) is 0 Å². The van der Waals surface area contributed by atoms with Gasteiger partial charge in [0.1, 0.15) is 22.5 Å². The zero-order chi connectivity index (χ0) is 22.8. The molecule has 6 nitrogen and oxygen atoms in total. The number of fused-ring (bicyclic) bond motifs is 2. The smallest absolute Gasteiger partial charge is 0.341 e. The van der Waals surface area contributed by atoms with E-state index in [1.54, 1.807) is 13.8 Å². The van der Waals surface area contributed by atoms with Gasteiger partial charge in [0.05, 0.1) is 13.2 Å². The van der Waals surface area contributed by atoms with Gasteiger partial charge in [0.15, 0.2) is 0 Å². The molecule has 6 heteroatoms. The van der Waals surface area contributed by atoms with E-state index in [2.05, 4.69) is 11.8 Å². The van der Waals surface area contributed by atoms with Crippen LogP contribution in [0.1, 0.15) is 46.0 Å². The summed E-state index contributed by atoms with van der Waals surface area (Å²) in [6.45, 7) is 4.08. The number of carbonyl (C=O) groups excluding carboxylic acids is 2. The van der Waals surface area contributed by atoms with Crippen LogP contribution in [0.4, 0.5) is 0 Å². The van der Waals surface area contributed by atoms with Gasteiger partial charge in [-0.05, 0) is 37.8 Å². The molecule has 0 aliphatic rings. The molecule has 162 valence electrons. The highest BCUT2D eigenvalue weighted by Gasteiger charge is 2.23. The second-order valence-corrected chi connectivity index (χ2v) is 7.29. The van der Waals surface area contributed by atoms with Crippen molar-refractivity contribution in [1.82, 2.24) is 9.13 Å². The maximum Gasteiger partial charge on any atom is 0.341 e. The van der Waals surface area contributed by atoms with Crippen LogP contribution in [0, 0.1) is 11.8 Å². The average molecular weight is 428 g/mol. The van der Waals surface area contributed by atoms with Gasteiger partial charge in [0, 0.05) is 35.9 Å². The largest absolute Gasteiger partial charge is 0.462 e. The second kappa shape index (κ2) is 8.64. The number of aromatic nitrogens is 2. The predicted octanol–water partition coefficient (Wildman–Crippen LogP) is 4.42. The Labute approximate surface area is 186 Å². The minimum Gasteiger partial charge on any atom is -0.462 e. The Morgan fingerprint density at radius 3 is 1.47 bits per heavy atom. The van der Waals surface area contributed by atoms with Gasteiger partial charge in [-0.15, -0.1) is 0 Å². The molecule has 2 heterocycles. The quantitative estimate of drug-likeness (QED) is 0.357. The van der Waals surface area contributed by atoms with E-state index in [1.807, 2.05) is 71.8 Å². The Morgan fingerprint density at radius 1 is 0.719 bits per heavy atom. The number of nitrogens with zero attached hydrogens (tertiary/aromatic N) is 2. The number of ether oxygens (including phenoxy) is 2. The van der Waals surface area contributed by atoms with E-state index in [-0.39, 0.29) is 13.2 Å². The summed E-state index contributed by atoms with van der Waals surface area (Å²) in [5, 5.41) is 1.56. The summed E-state index contributed by atoms with van der Waals surface area (Å²) in [5.41, 5.74) is 3.67. The van der Waals surface area contributed by atoms with E-state index in [4.69, 9.17) is 9.47 Å². The molecule has 0 aliphatic heterocycles. The van der Waals surface area contributed by atoms with Crippen molar-refractivity contribution in [2.24, 2.45) is 14.1 Å². The number of carbonyl (C=O) groups is 2. The number of esters is 2. The van der Waals surface area contributed by atoms with Crippen LogP contribution in [0.2, 0.25) is 0 Å². The van der Waals surface area contributed by atoms with Crippen LogP contribution < -0.4 is 0 Å². The van der Waals surface area contributed by atoms with Gasteiger partial charge in [0.2, 0.25) is 0 Å². The Kier molecular flexibility index (Phi) is 5.74. The lowest BCUT2D eigenvalue weighted by Gasteiger charge is -2.03. The highest BCUT2D eigenvalue weighted by molar-refractivity contribution is 6.08. The van der Waals surface area contributed by atoms with Crippen molar-refractivity contribution < 1.29 is 19.1 Å². The fourth-order valence-corrected chi connectivity index (χ4v) is 4.02. The van der Waals surface area contributed by atoms with E-state index in [0.29, 0.717) is 22.5 Å². The molecule has 0 saturated carbocycles. The van der Waals surface area contributed by atoms with E-state index in [0.717, 1.165) is 21.8 Å². The summed E-state index contributed by atoms with van der Waals surface area (Å²) in [6, 6.07) is 15.2. The number of para-hydroxylation sites is 2. The van der Waals surface area contributed by atoms with Crippen molar-refractivity contribution in [3.8, 4) is 11.8 Å². The Balaban J connectivity index is 1.97. The zero-order valence-corrected chi connectivity index (χ0v) is 18.6. The molecule has 0 aliphatic carbocycles. The maximum atomic E-state index is 12.8. The lowest BCUT2D eigenvalue weighted by Crippen LogP contribution is -2.08. The molecule has 0 unspecified atom stereocenters. The van der Waals surface area contributed by atoms with Gasteiger partial charge >= 0.3 is 11.9 Å². The molecular weight excluding hydrogens is 404 g/mol. The van der Waals surface area contributed by atoms with Crippen LogP contribution in [-0.4, -0.2) is 34.3 Å². The lowest BCUT2D eigenvalue weighted by atomic mass is 10.1. The fourth-order valence-electron chi connectivity index (χ4n) is 4.02. The zero-order valence-electron chi connectivity index (χ0n) is 18.6. The summed E-state index contributed by atoms with van der Waals surface area (Å²) in [7, 11) is 3.73. The molecule has 0 N–H and O–H groups in total. The molecule has 2 aromatic carbocycles. The number of hydrogen-bond acceptors (Lipinski definition) is 4. The van der Waals surface area contributed by atoms with Crippen LogP contribution in [0.5, 0.6) is 0 Å². The first-order chi connectivity index (χ1) is 15.5. The summed E-state index contributed by atoms with van der Waals surface area (Å²) in [4.78, 5) is 25.6. The molecule has 4 rings (SSSR count). The van der Waals surface area contributed by atoms with Crippen molar-refractivity contribution in [1.29, 1.82) is 0 Å². The molecule has 0 spiro atoms. The fraction of sp³-hybridized carbons (Fsp3) is 0.231. The summed E-state index contributed by atoms with van der Waals surface area (Å²) >= 11 is 0. The van der Waals surface area contributed by atoms with Gasteiger partial charge in [-0.2, -0.15) is 0 Å². The molecule has 32 heavy (non-hydrogen) atoms. The number of rotatable bonds is 4. The molecule has 0 amide bonds. The van der Waals surface area contributed by atoms with E-state index >= 15 is 0 Å².